The molecule has 1 amide bonds. The normalized spacial score (nSPS) is 17.4. The van der Waals surface area contributed by atoms with E-state index in [4.69, 9.17) is 16.2 Å². The van der Waals surface area contributed by atoms with Crippen molar-refractivity contribution in [1.82, 2.24) is 4.98 Å². The molecule has 6 heteroatoms. The number of nitrogens with zero attached hydrogens (tertiary/aromatic N) is 2. The van der Waals surface area contributed by atoms with E-state index in [0.29, 0.717) is 17.2 Å². The zero-order chi connectivity index (χ0) is 19.1. The highest BCUT2D eigenvalue weighted by molar-refractivity contribution is 5.80. The summed E-state index contributed by atoms with van der Waals surface area (Å²) >= 11 is 0. The Balaban J connectivity index is 2.11. The van der Waals surface area contributed by atoms with E-state index in [-0.39, 0.29) is 17.8 Å². The molecule has 0 bridgehead atoms. The number of ether oxygens (including phenoxy) is 1. The van der Waals surface area contributed by atoms with E-state index in [0.717, 1.165) is 28.8 Å². The van der Waals surface area contributed by atoms with Crippen molar-refractivity contribution in [2.24, 2.45) is 11.1 Å². The number of aromatic nitrogens is 1. The summed E-state index contributed by atoms with van der Waals surface area (Å²) in [6, 6.07) is 9.40. The Morgan fingerprint density at radius 1 is 1.46 bits per heavy atom. The van der Waals surface area contributed by atoms with Crippen molar-refractivity contribution < 1.29 is 9.53 Å². The highest BCUT2D eigenvalue weighted by Gasteiger charge is 2.48. The van der Waals surface area contributed by atoms with E-state index >= 15 is 0 Å². The molecule has 1 aromatic heterocycles. The van der Waals surface area contributed by atoms with Crippen LogP contribution in [0.3, 0.4) is 0 Å². The van der Waals surface area contributed by atoms with Gasteiger partial charge in [0.2, 0.25) is 0 Å². The number of hydrogen-bond acceptors (Lipinski definition) is 5. The van der Waals surface area contributed by atoms with Crippen LogP contribution in [0.5, 0.6) is 5.75 Å². The van der Waals surface area contributed by atoms with Crippen LogP contribution in [0.1, 0.15) is 43.0 Å². The molecular formula is C20H22N4O2. The van der Waals surface area contributed by atoms with Crippen LogP contribution in [-0.2, 0) is 4.79 Å². The number of benzene rings is 1. The first-order valence-electron chi connectivity index (χ1n) is 8.46. The van der Waals surface area contributed by atoms with Gasteiger partial charge in [-0.1, -0.05) is 26.0 Å². The molecule has 0 saturated heterocycles. The number of nitrogens with two attached hydrogens (primary N) is 2. The summed E-state index contributed by atoms with van der Waals surface area (Å²) in [6.45, 7) is 6.17. The molecule has 1 fully saturated rings. The number of amides is 1. The lowest BCUT2D eigenvalue weighted by Crippen LogP contribution is -2.20. The van der Waals surface area contributed by atoms with Crippen LogP contribution in [0.4, 0.5) is 5.82 Å². The number of anilines is 1. The third-order valence-electron chi connectivity index (χ3n) is 4.97. The van der Waals surface area contributed by atoms with Crippen molar-refractivity contribution in [1.29, 1.82) is 5.26 Å². The van der Waals surface area contributed by atoms with Gasteiger partial charge in [0.25, 0.3) is 5.91 Å². The lowest BCUT2D eigenvalue weighted by molar-refractivity contribution is -0.119. The second-order valence-corrected chi connectivity index (χ2v) is 7.40. The van der Waals surface area contributed by atoms with Gasteiger partial charge in [0.15, 0.2) is 6.61 Å². The Morgan fingerprint density at radius 3 is 2.73 bits per heavy atom. The van der Waals surface area contributed by atoms with Crippen molar-refractivity contribution in [3.63, 3.8) is 0 Å². The first-order valence-corrected chi connectivity index (χ1v) is 8.46. The van der Waals surface area contributed by atoms with Crippen molar-refractivity contribution in [3.05, 3.63) is 41.1 Å². The Hall–Kier alpha value is -3.07. The van der Waals surface area contributed by atoms with Crippen LogP contribution in [0, 0.1) is 23.7 Å². The van der Waals surface area contributed by atoms with Gasteiger partial charge in [-0.25, -0.2) is 4.98 Å². The van der Waals surface area contributed by atoms with E-state index in [9.17, 15) is 10.1 Å². The number of pyridine rings is 1. The number of primary amides is 1. The maximum Gasteiger partial charge on any atom is 0.255 e. The lowest BCUT2D eigenvalue weighted by Gasteiger charge is -2.16. The zero-order valence-corrected chi connectivity index (χ0v) is 15.2. The second kappa shape index (κ2) is 6.34. The van der Waals surface area contributed by atoms with Crippen LogP contribution in [-0.4, -0.2) is 17.5 Å². The van der Waals surface area contributed by atoms with Gasteiger partial charge in [0, 0.05) is 11.5 Å². The van der Waals surface area contributed by atoms with E-state index in [1.54, 1.807) is 12.1 Å². The van der Waals surface area contributed by atoms with Crippen molar-refractivity contribution in [3.8, 4) is 22.9 Å². The summed E-state index contributed by atoms with van der Waals surface area (Å²) in [7, 11) is 0. The van der Waals surface area contributed by atoms with Crippen molar-refractivity contribution >= 4 is 11.7 Å². The number of carbonyl (C=O) groups is 1. The van der Waals surface area contributed by atoms with Crippen molar-refractivity contribution in [2.75, 3.05) is 12.3 Å². The molecule has 6 nitrogen and oxygen atoms in total. The summed E-state index contributed by atoms with van der Waals surface area (Å²) < 4.78 is 5.39. The molecule has 1 atom stereocenters. The van der Waals surface area contributed by atoms with E-state index in [1.165, 1.54) is 0 Å². The lowest BCUT2D eigenvalue weighted by atomic mass is 9.92. The summed E-state index contributed by atoms with van der Waals surface area (Å²) in [6.07, 6.45) is 1.05. The number of rotatable bonds is 5. The van der Waals surface area contributed by atoms with Crippen LogP contribution < -0.4 is 16.2 Å². The number of carbonyl (C=O) groups excluding carboxylic acids is 1. The predicted octanol–water partition coefficient (Wildman–Crippen LogP) is 2.89. The largest absolute Gasteiger partial charge is 0.484 e. The highest BCUT2D eigenvalue weighted by atomic mass is 16.5. The number of hydrogen-bond donors (Lipinski definition) is 2. The fourth-order valence-electron chi connectivity index (χ4n) is 3.36. The molecule has 0 spiro atoms. The van der Waals surface area contributed by atoms with Gasteiger partial charge in [-0.2, -0.15) is 5.26 Å². The number of nitriles is 1. The summed E-state index contributed by atoms with van der Waals surface area (Å²) in [5.74, 6) is 0.545. The average molecular weight is 350 g/mol. The predicted molar refractivity (Wildman–Crippen MR) is 99.4 cm³/mol. The molecule has 1 saturated carbocycles. The molecule has 1 aliphatic rings. The molecule has 26 heavy (non-hydrogen) atoms. The molecule has 134 valence electrons. The summed E-state index contributed by atoms with van der Waals surface area (Å²) in [5.41, 5.74) is 15.3. The van der Waals surface area contributed by atoms with E-state index < -0.39 is 5.91 Å². The standard InChI is InChI=1S/C20H22N4O2/c1-11-17(12-5-4-6-13(7-12)26-10-16(22)25)14(9-21)19(23)24-18(11)15-8-20(15,2)3/h4-7,15H,8,10H2,1-3H3,(H2,22,25)(H2,23,24)/t15-/m0/s1. The van der Waals surface area contributed by atoms with E-state index in [2.05, 4.69) is 24.9 Å². The van der Waals surface area contributed by atoms with Gasteiger partial charge in [-0.05, 0) is 42.0 Å². The molecule has 1 aliphatic carbocycles. The smallest absolute Gasteiger partial charge is 0.255 e. The molecule has 3 rings (SSSR count). The Labute approximate surface area is 152 Å². The van der Waals surface area contributed by atoms with Gasteiger partial charge in [-0.15, -0.1) is 0 Å². The monoisotopic (exact) mass is 350 g/mol. The van der Waals surface area contributed by atoms with Gasteiger partial charge >= 0.3 is 0 Å². The highest BCUT2D eigenvalue weighted by Crippen LogP contribution is 2.59. The fourth-order valence-corrected chi connectivity index (χ4v) is 3.36. The fraction of sp³-hybridized carbons (Fsp3) is 0.350. The maximum absolute atomic E-state index is 10.9. The number of nitrogen functional groups attached to an aromatic ring is 1. The minimum atomic E-state index is -0.546. The third-order valence-corrected chi connectivity index (χ3v) is 4.97. The third kappa shape index (κ3) is 3.21. The Kier molecular flexibility index (Phi) is 4.33. The quantitative estimate of drug-likeness (QED) is 0.860. The van der Waals surface area contributed by atoms with Crippen LogP contribution in [0.15, 0.2) is 24.3 Å². The first-order chi connectivity index (χ1) is 12.2. The molecule has 1 heterocycles. The minimum absolute atomic E-state index is 0.197. The van der Waals surface area contributed by atoms with Gasteiger partial charge in [0.1, 0.15) is 23.2 Å². The van der Waals surface area contributed by atoms with Crippen LogP contribution in [0.25, 0.3) is 11.1 Å². The van der Waals surface area contributed by atoms with Gasteiger partial charge < -0.3 is 16.2 Å². The van der Waals surface area contributed by atoms with Gasteiger partial charge in [0.05, 0.1) is 5.69 Å². The topological polar surface area (TPSA) is 115 Å². The zero-order valence-electron chi connectivity index (χ0n) is 15.2. The molecule has 1 aromatic carbocycles. The molecule has 0 radical (unpaired) electrons. The summed E-state index contributed by atoms with van der Waals surface area (Å²) in [5, 5.41) is 9.62. The van der Waals surface area contributed by atoms with E-state index in [1.807, 2.05) is 19.1 Å². The molecule has 2 aromatic rings. The Morgan fingerprint density at radius 2 is 2.15 bits per heavy atom. The molecule has 0 aliphatic heterocycles. The average Bonchev–Trinajstić information content (AvgIpc) is 3.22. The van der Waals surface area contributed by atoms with Gasteiger partial charge in [-0.3, -0.25) is 4.79 Å². The van der Waals surface area contributed by atoms with Crippen molar-refractivity contribution in [2.45, 2.75) is 33.1 Å². The first kappa shape index (κ1) is 17.7. The Bertz CT molecular complexity index is 928. The summed E-state index contributed by atoms with van der Waals surface area (Å²) in [4.78, 5) is 15.5. The second-order valence-electron chi connectivity index (χ2n) is 7.40. The maximum atomic E-state index is 10.9. The molecule has 4 N–H and O–H groups in total. The van der Waals surface area contributed by atoms with Crippen LogP contribution in [0.2, 0.25) is 0 Å². The molecule has 0 unspecified atom stereocenters. The van der Waals surface area contributed by atoms with Crippen LogP contribution >= 0.6 is 0 Å². The molecular weight excluding hydrogens is 328 g/mol. The SMILES string of the molecule is Cc1c([C@@H]2CC2(C)C)nc(N)c(C#N)c1-c1cccc(OCC(N)=O)c1. The minimum Gasteiger partial charge on any atom is -0.484 e.